The maximum absolute atomic E-state index is 13.9. The van der Waals surface area contributed by atoms with Crippen LogP contribution in [0.3, 0.4) is 0 Å². The van der Waals surface area contributed by atoms with Crippen LogP contribution in [0, 0.1) is 6.92 Å². The molecular weight excluding hydrogens is 281 g/mol. The lowest BCUT2D eigenvalue weighted by molar-refractivity contribution is -0.113. The number of guanidine groups is 1. The molecule has 6 heteroatoms. The molecule has 0 spiro atoms. The van der Waals surface area contributed by atoms with Crippen molar-refractivity contribution in [3.63, 3.8) is 0 Å². The predicted octanol–water partition coefficient (Wildman–Crippen LogP) is 2.87. The summed E-state index contributed by atoms with van der Waals surface area (Å²) in [5.74, 6) is -0.654. The number of hydrogen-bond donors (Lipinski definition) is 0. The highest BCUT2D eigenvalue weighted by Gasteiger charge is 2.38. The first kappa shape index (κ1) is 13.1. The largest absolute Gasteiger partial charge is 0.283 e. The number of halogens is 2. The maximum Gasteiger partial charge on any atom is 0.262 e. The van der Waals surface area contributed by atoms with Crippen molar-refractivity contribution < 1.29 is 9.18 Å². The average Bonchev–Trinajstić information content (AvgIpc) is 2.76. The zero-order chi connectivity index (χ0) is 14.4. The standard InChI is InChI=1S/C14H13ClFN3O/c1-8-5-10(3-4-11(8)15)19-13(20)6-12(16)18-9(2)7-17-14(18)19/h3-6,9H,7H2,1-2H3. The number of carbonyl (C=O) groups excluding carboxylic acids is 1. The molecule has 0 N–H and O–H groups in total. The lowest BCUT2D eigenvalue weighted by Gasteiger charge is -2.33. The van der Waals surface area contributed by atoms with Crippen molar-refractivity contribution >= 4 is 29.2 Å². The van der Waals surface area contributed by atoms with Gasteiger partial charge >= 0.3 is 0 Å². The van der Waals surface area contributed by atoms with E-state index in [9.17, 15) is 9.18 Å². The van der Waals surface area contributed by atoms with Crippen molar-refractivity contribution in [1.29, 1.82) is 0 Å². The molecule has 2 aliphatic rings. The lowest BCUT2D eigenvalue weighted by atomic mass is 10.2. The summed E-state index contributed by atoms with van der Waals surface area (Å²) < 4.78 is 13.9. The summed E-state index contributed by atoms with van der Waals surface area (Å²) in [5, 5.41) is 0.624. The molecule has 3 rings (SSSR count). The van der Waals surface area contributed by atoms with Crippen LogP contribution < -0.4 is 4.90 Å². The second-order valence-electron chi connectivity index (χ2n) is 4.93. The number of aliphatic imine (C=N–C) groups is 1. The Bertz CT molecular complexity index is 656. The van der Waals surface area contributed by atoms with E-state index in [1.165, 1.54) is 9.80 Å². The van der Waals surface area contributed by atoms with Gasteiger partial charge in [0, 0.05) is 5.02 Å². The van der Waals surface area contributed by atoms with Crippen LogP contribution in [0.5, 0.6) is 0 Å². The van der Waals surface area contributed by atoms with Crippen LogP contribution >= 0.6 is 11.6 Å². The smallest absolute Gasteiger partial charge is 0.262 e. The number of hydrogen-bond acceptors (Lipinski definition) is 3. The first-order valence-electron chi connectivity index (χ1n) is 6.30. The van der Waals surface area contributed by atoms with Crippen LogP contribution in [0.1, 0.15) is 12.5 Å². The number of nitrogens with zero attached hydrogens (tertiary/aromatic N) is 3. The van der Waals surface area contributed by atoms with Gasteiger partial charge in [-0.05, 0) is 37.6 Å². The monoisotopic (exact) mass is 293 g/mol. The first-order valence-corrected chi connectivity index (χ1v) is 6.68. The molecule has 1 aromatic carbocycles. The van der Waals surface area contributed by atoms with Gasteiger partial charge in [-0.25, -0.2) is 9.89 Å². The molecule has 0 radical (unpaired) electrons. The quantitative estimate of drug-likeness (QED) is 0.747. The molecule has 104 valence electrons. The van der Waals surface area contributed by atoms with Gasteiger partial charge in [0.2, 0.25) is 11.9 Å². The second kappa shape index (κ2) is 4.59. The van der Waals surface area contributed by atoms with Gasteiger partial charge < -0.3 is 0 Å². The molecule has 20 heavy (non-hydrogen) atoms. The third-order valence-corrected chi connectivity index (χ3v) is 3.87. The van der Waals surface area contributed by atoms with E-state index >= 15 is 0 Å². The third-order valence-electron chi connectivity index (χ3n) is 3.45. The average molecular weight is 294 g/mol. The van der Waals surface area contributed by atoms with E-state index in [2.05, 4.69) is 4.99 Å². The summed E-state index contributed by atoms with van der Waals surface area (Å²) in [4.78, 5) is 19.3. The Hall–Kier alpha value is -1.88. The molecule has 2 aliphatic heterocycles. The van der Waals surface area contributed by atoms with Crippen LogP contribution in [-0.2, 0) is 4.79 Å². The molecule has 2 heterocycles. The van der Waals surface area contributed by atoms with Crippen LogP contribution in [0.25, 0.3) is 0 Å². The van der Waals surface area contributed by atoms with Crippen LogP contribution in [0.2, 0.25) is 5.02 Å². The van der Waals surface area contributed by atoms with Crippen LogP contribution in [0.15, 0.2) is 35.2 Å². The Morgan fingerprint density at radius 3 is 2.90 bits per heavy atom. The fraction of sp³-hybridized carbons (Fsp3) is 0.286. The van der Waals surface area contributed by atoms with E-state index in [0.29, 0.717) is 23.2 Å². The van der Waals surface area contributed by atoms with E-state index in [-0.39, 0.29) is 6.04 Å². The summed E-state index contributed by atoms with van der Waals surface area (Å²) in [7, 11) is 0. The van der Waals surface area contributed by atoms with Gasteiger partial charge in [-0.15, -0.1) is 0 Å². The summed E-state index contributed by atoms with van der Waals surface area (Å²) in [6, 6.07) is 5.15. The Morgan fingerprint density at radius 1 is 1.45 bits per heavy atom. The lowest BCUT2D eigenvalue weighted by Crippen LogP contribution is -2.50. The zero-order valence-corrected chi connectivity index (χ0v) is 11.9. The topological polar surface area (TPSA) is 35.9 Å². The highest BCUT2D eigenvalue weighted by molar-refractivity contribution is 6.31. The number of anilines is 1. The molecule has 1 atom stereocenters. The highest BCUT2D eigenvalue weighted by Crippen LogP contribution is 2.30. The van der Waals surface area contributed by atoms with Crippen molar-refractivity contribution in [2.75, 3.05) is 11.4 Å². The molecule has 1 amide bonds. The number of aryl methyl sites for hydroxylation is 1. The maximum atomic E-state index is 13.9. The van der Waals surface area contributed by atoms with Gasteiger partial charge in [-0.2, -0.15) is 4.39 Å². The Morgan fingerprint density at radius 2 is 2.20 bits per heavy atom. The highest BCUT2D eigenvalue weighted by atomic mass is 35.5. The van der Waals surface area contributed by atoms with Crippen molar-refractivity contribution in [2.45, 2.75) is 19.9 Å². The van der Waals surface area contributed by atoms with E-state index < -0.39 is 11.9 Å². The Balaban J connectivity index is 2.09. The van der Waals surface area contributed by atoms with E-state index in [1.807, 2.05) is 13.8 Å². The van der Waals surface area contributed by atoms with Gasteiger partial charge in [-0.1, -0.05) is 11.6 Å². The van der Waals surface area contributed by atoms with Crippen molar-refractivity contribution in [1.82, 2.24) is 4.90 Å². The third kappa shape index (κ3) is 1.89. The summed E-state index contributed by atoms with van der Waals surface area (Å²) in [6.07, 6.45) is 0.991. The van der Waals surface area contributed by atoms with Crippen LogP contribution in [0.4, 0.5) is 10.1 Å². The van der Waals surface area contributed by atoms with Crippen molar-refractivity contribution in [2.24, 2.45) is 4.99 Å². The zero-order valence-electron chi connectivity index (χ0n) is 11.1. The molecule has 4 nitrogen and oxygen atoms in total. The number of carbonyl (C=O) groups is 1. The molecular formula is C14H13ClFN3O. The SMILES string of the molecule is Cc1cc(N2C(=O)C=C(F)N3C2=NCC3C)ccc1Cl. The normalized spacial score (nSPS) is 21.8. The summed E-state index contributed by atoms with van der Waals surface area (Å²) >= 11 is 6.00. The molecule has 0 aromatic heterocycles. The minimum Gasteiger partial charge on any atom is -0.283 e. The fourth-order valence-corrected chi connectivity index (χ4v) is 2.52. The second-order valence-corrected chi connectivity index (χ2v) is 5.34. The molecule has 0 saturated heterocycles. The number of benzene rings is 1. The van der Waals surface area contributed by atoms with Gasteiger partial charge in [0.05, 0.1) is 24.4 Å². The minimum atomic E-state index is -0.555. The Labute approximate surface area is 121 Å². The van der Waals surface area contributed by atoms with Gasteiger partial charge in [0.25, 0.3) is 5.91 Å². The molecule has 1 unspecified atom stereocenters. The summed E-state index contributed by atoms with van der Waals surface area (Å²) in [5.41, 5.74) is 1.49. The minimum absolute atomic E-state index is 0.0924. The van der Waals surface area contributed by atoms with Gasteiger partial charge in [0.1, 0.15) is 0 Å². The molecule has 0 bridgehead atoms. The molecule has 0 aliphatic carbocycles. The van der Waals surface area contributed by atoms with Gasteiger partial charge in [0.15, 0.2) is 0 Å². The number of amides is 1. The Kier molecular flexibility index (Phi) is 3.01. The molecule has 1 aromatic rings. The van der Waals surface area contributed by atoms with Crippen molar-refractivity contribution in [3.8, 4) is 0 Å². The first-order chi connectivity index (χ1) is 9.49. The van der Waals surface area contributed by atoms with E-state index in [0.717, 1.165) is 11.6 Å². The summed E-state index contributed by atoms with van der Waals surface area (Å²) in [6.45, 7) is 4.19. The van der Waals surface area contributed by atoms with Gasteiger partial charge in [-0.3, -0.25) is 9.69 Å². The number of fused-ring (bicyclic) bond motifs is 1. The van der Waals surface area contributed by atoms with Crippen LogP contribution in [-0.4, -0.2) is 29.4 Å². The molecule has 0 fully saturated rings. The predicted molar refractivity (Wildman–Crippen MR) is 76.5 cm³/mol. The van der Waals surface area contributed by atoms with Crippen molar-refractivity contribution in [3.05, 3.63) is 40.8 Å². The molecule has 0 saturated carbocycles. The number of rotatable bonds is 1. The van der Waals surface area contributed by atoms with E-state index in [1.54, 1.807) is 18.2 Å². The van der Waals surface area contributed by atoms with E-state index in [4.69, 9.17) is 11.6 Å². The fourth-order valence-electron chi connectivity index (χ4n) is 2.40.